The second-order valence-electron chi connectivity index (χ2n) is 5.95. The van der Waals surface area contributed by atoms with E-state index in [1.807, 2.05) is 24.3 Å². The van der Waals surface area contributed by atoms with Crippen LogP contribution in [0, 0.1) is 0 Å². The molecule has 27 heavy (non-hydrogen) atoms. The minimum atomic E-state index is -0.277. The number of rotatable bonds is 5. The van der Waals surface area contributed by atoms with E-state index in [1.165, 1.54) is 25.1 Å². The van der Waals surface area contributed by atoms with Crippen molar-refractivity contribution < 1.29 is 9.59 Å². The number of carbonyl (C=O) groups excluding carboxylic acids is 2. The standard InChI is InChI=1S/C19H14N2O2.C4H10/c22-18(14-7-3-1-4-8-14)17-13-15(11-12-20-17)19(23)21-16-9-5-2-6-10-16;1-3-4-2/h1-13H,(H,21,23);3-4H2,1-2H3. The van der Waals surface area contributed by atoms with Gasteiger partial charge in [0.15, 0.2) is 0 Å². The van der Waals surface area contributed by atoms with Crippen LogP contribution in [0.15, 0.2) is 79.0 Å². The van der Waals surface area contributed by atoms with Gasteiger partial charge >= 0.3 is 0 Å². The molecule has 2 aromatic carbocycles. The number of anilines is 1. The number of carbonyl (C=O) groups is 2. The van der Waals surface area contributed by atoms with Gasteiger partial charge in [-0.1, -0.05) is 75.2 Å². The maximum Gasteiger partial charge on any atom is 0.255 e. The Bertz CT molecular complexity index is 860. The number of ketones is 1. The van der Waals surface area contributed by atoms with Gasteiger partial charge < -0.3 is 5.32 Å². The molecule has 0 radical (unpaired) electrons. The van der Waals surface area contributed by atoms with Crippen LogP contribution in [0.25, 0.3) is 0 Å². The molecule has 0 saturated heterocycles. The normalized spacial score (nSPS) is 9.70. The number of unbranched alkanes of at least 4 members (excludes halogenated alkanes) is 1. The minimum Gasteiger partial charge on any atom is -0.322 e. The summed E-state index contributed by atoms with van der Waals surface area (Å²) in [6.45, 7) is 4.36. The molecule has 0 aliphatic heterocycles. The molecule has 0 unspecified atom stereocenters. The number of nitrogens with one attached hydrogen (secondary N) is 1. The summed E-state index contributed by atoms with van der Waals surface area (Å²) < 4.78 is 0. The largest absolute Gasteiger partial charge is 0.322 e. The third-order valence-corrected chi connectivity index (χ3v) is 3.82. The summed E-state index contributed by atoms with van der Waals surface area (Å²) in [6, 6.07) is 21.1. The zero-order valence-corrected chi connectivity index (χ0v) is 15.7. The first-order chi connectivity index (χ1) is 13.2. The lowest BCUT2D eigenvalue weighted by molar-refractivity contribution is 0.102. The lowest BCUT2D eigenvalue weighted by atomic mass is 10.1. The van der Waals surface area contributed by atoms with Gasteiger partial charge in [0.2, 0.25) is 5.78 Å². The van der Waals surface area contributed by atoms with Crippen molar-refractivity contribution in [3.05, 3.63) is 95.8 Å². The number of para-hydroxylation sites is 1. The van der Waals surface area contributed by atoms with Crippen molar-refractivity contribution in [3.8, 4) is 0 Å². The van der Waals surface area contributed by atoms with Gasteiger partial charge in [0.05, 0.1) is 0 Å². The summed E-state index contributed by atoms with van der Waals surface area (Å²) in [7, 11) is 0. The Morgan fingerprint density at radius 1 is 0.815 bits per heavy atom. The molecule has 0 bridgehead atoms. The summed E-state index contributed by atoms with van der Waals surface area (Å²) in [5.74, 6) is -0.485. The van der Waals surface area contributed by atoms with E-state index < -0.39 is 0 Å². The highest BCUT2D eigenvalue weighted by Gasteiger charge is 2.13. The predicted octanol–water partition coefficient (Wildman–Crippen LogP) is 5.37. The van der Waals surface area contributed by atoms with Gasteiger partial charge in [0, 0.05) is 23.0 Å². The second kappa shape index (κ2) is 10.7. The van der Waals surface area contributed by atoms with E-state index in [0.717, 1.165) is 0 Å². The van der Waals surface area contributed by atoms with Crippen LogP contribution in [0.1, 0.15) is 53.1 Å². The fourth-order valence-electron chi connectivity index (χ4n) is 2.16. The lowest BCUT2D eigenvalue weighted by Crippen LogP contribution is -2.13. The minimum absolute atomic E-state index is 0.208. The Hall–Kier alpha value is -3.27. The Morgan fingerprint density at radius 2 is 1.41 bits per heavy atom. The molecule has 0 aliphatic carbocycles. The van der Waals surface area contributed by atoms with Crippen LogP contribution < -0.4 is 5.32 Å². The Kier molecular flexibility index (Phi) is 7.92. The molecular formula is C23H24N2O2. The molecule has 4 heteroatoms. The van der Waals surface area contributed by atoms with Crippen molar-refractivity contribution in [1.82, 2.24) is 4.98 Å². The maximum absolute atomic E-state index is 12.4. The quantitative estimate of drug-likeness (QED) is 0.622. The van der Waals surface area contributed by atoms with Crippen molar-refractivity contribution in [3.63, 3.8) is 0 Å². The van der Waals surface area contributed by atoms with Gasteiger partial charge in [-0.05, 0) is 24.3 Å². The van der Waals surface area contributed by atoms with Gasteiger partial charge in [-0.15, -0.1) is 0 Å². The second-order valence-corrected chi connectivity index (χ2v) is 5.95. The van der Waals surface area contributed by atoms with E-state index in [9.17, 15) is 9.59 Å². The summed E-state index contributed by atoms with van der Waals surface area (Å²) >= 11 is 0. The number of nitrogens with zero attached hydrogens (tertiary/aromatic N) is 1. The monoisotopic (exact) mass is 360 g/mol. The molecule has 4 nitrogen and oxygen atoms in total. The molecule has 0 spiro atoms. The van der Waals surface area contributed by atoms with Crippen molar-refractivity contribution in [2.45, 2.75) is 26.7 Å². The van der Waals surface area contributed by atoms with E-state index in [0.29, 0.717) is 16.8 Å². The number of amides is 1. The van der Waals surface area contributed by atoms with Gasteiger partial charge in [-0.25, -0.2) is 0 Å². The maximum atomic E-state index is 12.4. The third kappa shape index (κ3) is 6.19. The van der Waals surface area contributed by atoms with E-state index in [1.54, 1.807) is 42.5 Å². The Balaban J connectivity index is 0.000000596. The summed E-state index contributed by atoms with van der Waals surface area (Å²) in [6.07, 6.45) is 4.11. The molecule has 1 heterocycles. The molecule has 1 amide bonds. The number of benzene rings is 2. The SMILES string of the molecule is CCCC.O=C(Nc1ccccc1)c1ccnc(C(=O)c2ccccc2)c1. The molecular weight excluding hydrogens is 336 g/mol. The smallest absolute Gasteiger partial charge is 0.255 e. The zero-order chi connectivity index (χ0) is 19.5. The van der Waals surface area contributed by atoms with E-state index in [2.05, 4.69) is 24.1 Å². The highest BCUT2D eigenvalue weighted by atomic mass is 16.1. The summed E-state index contributed by atoms with van der Waals surface area (Å²) in [5, 5.41) is 2.79. The molecule has 0 fully saturated rings. The first-order valence-electron chi connectivity index (χ1n) is 9.07. The molecule has 3 aromatic rings. The fourth-order valence-corrected chi connectivity index (χ4v) is 2.16. The fraction of sp³-hybridized carbons (Fsp3) is 0.174. The van der Waals surface area contributed by atoms with Gasteiger partial charge in [0.1, 0.15) is 5.69 Å². The first kappa shape index (κ1) is 20.0. The van der Waals surface area contributed by atoms with Gasteiger partial charge in [0.25, 0.3) is 5.91 Å². The van der Waals surface area contributed by atoms with E-state index in [4.69, 9.17) is 0 Å². The van der Waals surface area contributed by atoms with Crippen LogP contribution >= 0.6 is 0 Å². The molecule has 138 valence electrons. The molecule has 0 atom stereocenters. The first-order valence-corrected chi connectivity index (χ1v) is 9.07. The van der Waals surface area contributed by atoms with Gasteiger partial charge in [-0.2, -0.15) is 0 Å². The molecule has 1 aromatic heterocycles. The highest BCUT2D eigenvalue weighted by molar-refractivity contribution is 6.10. The average Bonchev–Trinajstić information content (AvgIpc) is 2.75. The lowest BCUT2D eigenvalue weighted by Gasteiger charge is -2.06. The number of pyridine rings is 1. The molecule has 1 N–H and O–H groups in total. The van der Waals surface area contributed by atoms with Crippen molar-refractivity contribution in [1.29, 1.82) is 0 Å². The van der Waals surface area contributed by atoms with Crippen LogP contribution in [-0.4, -0.2) is 16.7 Å². The third-order valence-electron chi connectivity index (χ3n) is 3.82. The summed E-state index contributed by atoms with van der Waals surface area (Å²) in [4.78, 5) is 28.7. The topological polar surface area (TPSA) is 59.1 Å². The Morgan fingerprint density at radius 3 is 2.00 bits per heavy atom. The van der Waals surface area contributed by atoms with Crippen molar-refractivity contribution in [2.24, 2.45) is 0 Å². The van der Waals surface area contributed by atoms with Crippen LogP contribution in [0.2, 0.25) is 0 Å². The van der Waals surface area contributed by atoms with Crippen LogP contribution in [-0.2, 0) is 0 Å². The molecule has 0 saturated carbocycles. The van der Waals surface area contributed by atoms with Gasteiger partial charge in [-0.3, -0.25) is 14.6 Å². The Labute approximate surface area is 160 Å². The summed E-state index contributed by atoms with van der Waals surface area (Å²) in [5.41, 5.74) is 1.88. The van der Waals surface area contributed by atoms with Crippen molar-refractivity contribution in [2.75, 3.05) is 5.32 Å². The van der Waals surface area contributed by atoms with E-state index >= 15 is 0 Å². The van der Waals surface area contributed by atoms with Crippen molar-refractivity contribution >= 4 is 17.4 Å². The van der Waals surface area contributed by atoms with Crippen LogP contribution in [0.5, 0.6) is 0 Å². The number of aromatic nitrogens is 1. The number of hydrogen-bond acceptors (Lipinski definition) is 3. The van der Waals surface area contributed by atoms with Crippen LogP contribution in [0.4, 0.5) is 5.69 Å². The van der Waals surface area contributed by atoms with Crippen LogP contribution in [0.3, 0.4) is 0 Å². The highest BCUT2D eigenvalue weighted by Crippen LogP contribution is 2.12. The zero-order valence-electron chi connectivity index (χ0n) is 15.7. The average molecular weight is 360 g/mol. The van der Waals surface area contributed by atoms with E-state index in [-0.39, 0.29) is 17.4 Å². The molecule has 3 rings (SSSR count). The number of hydrogen-bond donors (Lipinski definition) is 1. The molecule has 0 aliphatic rings. The predicted molar refractivity (Wildman–Crippen MR) is 109 cm³/mol.